The summed E-state index contributed by atoms with van der Waals surface area (Å²) in [4.78, 5) is 38.1. The highest BCUT2D eigenvalue weighted by Crippen LogP contribution is 2.28. The predicted molar refractivity (Wildman–Crippen MR) is 106 cm³/mol. The Balaban J connectivity index is 1.67. The van der Waals surface area contributed by atoms with E-state index in [1.54, 1.807) is 29.2 Å². The fourth-order valence-electron chi connectivity index (χ4n) is 3.08. The highest BCUT2D eigenvalue weighted by atomic mass is 16.2. The van der Waals surface area contributed by atoms with Gasteiger partial charge in [0.05, 0.1) is 0 Å². The van der Waals surface area contributed by atoms with Gasteiger partial charge in [0.1, 0.15) is 0 Å². The van der Waals surface area contributed by atoms with Crippen LogP contribution < -0.4 is 15.5 Å². The maximum atomic E-state index is 12.2. The average molecular weight is 365 g/mol. The number of anilines is 3. The summed E-state index contributed by atoms with van der Waals surface area (Å²) in [6.07, 6.45) is 2.27. The van der Waals surface area contributed by atoms with Crippen LogP contribution in [0.3, 0.4) is 0 Å². The minimum atomic E-state index is -0.753. The van der Waals surface area contributed by atoms with Gasteiger partial charge in [-0.2, -0.15) is 0 Å². The van der Waals surface area contributed by atoms with Gasteiger partial charge in [0.2, 0.25) is 5.91 Å². The number of benzene rings is 2. The molecule has 1 aliphatic heterocycles. The van der Waals surface area contributed by atoms with Crippen molar-refractivity contribution in [1.82, 2.24) is 0 Å². The Morgan fingerprint density at radius 2 is 1.63 bits per heavy atom. The van der Waals surface area contributed by atoms with Crippen molar-refractivity contribution in [2.75, 3.05) is 22.1 Å². The Morgan fingerprint density at radius 3 is 2.22 bits per heavy atom. The van der Waals surface area contributed by atoms with Crippen LogP contribution in [-0.2, 0) is 20.8 Å². The third kappa shape index (κ3) is 4.34. The number of aryl methyl sites for hydroxylation is 2. The molecule has 2 N–H and O–H groups in total. The van der Waals surface area contributed by atoms with Gasteiger partial charge in [-0.15, -0.1) is 0 Å². The topological polar surface area (TPSA) is 78.5 Å². The van der Waals surface area contributed by atoms with Crippen LogP contribution in [0.2, 0.25) is 0 Å². The molecule has 0 saturated carbocycles. The van der Waals surface area contributed by atoms with Crippen LogP contribution >= 0.6 is 0 Å². The van der Waals surface area contributed by atoms with Gasteiger partial charge in [-0.3, -0.25) is 14.4 Å². The zero-order valence-electron chi connectivity index (χ0n) is 15.5. The lowest BCUT2D eigenvalue weighted by atomic mass is 10.1. The molecule has 3 rings (SSSR count). The number of rotatable bonds is 4. The molecule has 0 bridgehead atoms. The van der Waals surface area contributed by atoms with Gasteiger partial charge >= 0.3 is 11.8 Å². The summed E-state index contributed by atoms with van der Waals surface area (Å²) in [5, 5.41) is 5.19. The van der Waals surface area contributed by atoms with Crippen LogP contribution in [0.1, 0.15) is 30.9 Å². The van der Waals surface area contributed by atoms with Gasteiger partial charge in [-0.25, -0.2) is 0 Å². The molecule has 27 heavy (non-hydrogen) atoms. The highest BCUT2D eigenvalue weighted by Gasteiger charge is 2.23. The van der Waals surface area contributed by atoms with E-state index in [2.05, 4.69) is 10.6 Å². The second-order valence-corrected chi connectivity index (χ2v) is 6.61. The first-order valence-corrected chi connectivity index (χ1v) is 9.10. The minimum absolute atomic E-state index is 0.0786. The van der Waals surface area contributed by atoms with E-state index in [0.29, 0.717) is 24.3 Å². The van der Waals surface area contributed by atoms with Crippen molar-refractivity contribution in [1.29, 1.82) is 0 Å². The first-order chi connectivity index (χ1) is 13.0. The number of carbonyl (C=O) groups is 3. The van der Waals surface area contributed by atoms with Crippen molar-refractivity contribution in [3.05, 3.63) is 53.6 Å². The summed E-state index contributed by atoms with van der Waals surface area (Å²) < 4.78 is 0. The van der Waals surface area contributed by atoms with E-state index in [9.17, 15) is 14.4 Å². The van der Waals surface area contributed by atoms with E-state index >= 15 is 0 Å². The predicted octanol–water partition coefficient (Wildman–Crippen LogP) is 3.26. The molecule has 140 valence electrons. The Morgan fingerprint density at radius 1 is 1.00 bits per heavy atom. The molecule has 0 aromatic heterocycles. The molecule has 2 aromatic rings. The van der Waals surface area contributed by atoms with Crippen LogP contribution in [0.4, 0.5) is 17.1 Å². The van der Waals surface area contributed by atoms with Crippen LogP contribution in [0.25, 0.3) is 0 Å². The van der Waals surface area contributed by atoms with Gasteiger partial charge in [0.25, 0.3) is 0 Å². The van der Waals surface area contributed by atoms with Gasteiger partial charge in [0.15, 0.2) is 0 Å². The van der Waals surface area contributed by atoms with Gasteiger partial charge in [-0.1, -0.05) is 25.1 Å². The summed E-state index contributed by atoms with van der Waals surface area (Å²) >= 11 is 0. The van der Waals surface area contributed by atoms with Gasteiger partial charge < -0.3 is 15.5 Å². The molecule has 2 aromatic carbocycles. The molecule has 6 nitrogen and oxygen atoms in total. The SMILES string of the molecule is CCc1ccc(NC(=O)C(=O)Nc2ccc(C)c(N3CCCC3=O)c2)cc1. The van der Waals surface area contributed by atoms with Crippen molar-refractivity contribution < 1.29 is 14.4 Å². The molecule has 0 unspecified atom stereocenters. The lowest BCUT2D eigenvalue weighted by Crippen LogP contribution is -2.29. The molecular formula is C21H23N3O3. The lowest BCUT2D eigenvalue weighted by Gasteiger charge is -2.19. The number of amides is 3. The van der Waals surface area contributed by atoms with E-state index in [1.165, 1.54) is 0 Å². The summed E-state index contributed by atoms with van der Waals surface area (Å²) in [6, 6.07) is 12.7. The second kappa shape index (κ2) is 8.03. The summed E-state index contributed by atoms with van der Waals surface area (Å²) in [5.41, 5.74) is 3.92. The Bertz CT molecular complexity index is 875. The molecule has 6 heteroatoms. The minimum Gasteiger partial charge on any atom is -0.318 e. The average Bonchev–Trinajstić information content (AvgIpc) is 3.09. The van der Waals surface area contributed by atoms with Crippen LogP contribution in [0.15, 0.2) is 42.5 Å². The molecule has 1 saturated heterocycles. The monoisotopic (exact) mass is 365 g/mol. The third-order valence-corrected chi connectivity index (χ3v) is 4.66. The molecule has 0 spiro atoms. The fraction of sp³-hybridized carbons (Fsp3) is 0.286. The van der Waals surface area contributed by atoms with E-state index in [4.69, 9.17) is 0 Å². The summed E-state index contributed by atoms with van der Waals surface area (Å²) in [7, 11) is 0. The first-order valence-electron chi connectivity index (χ1n) is 9.10. The zero-order chi connectivity index (χ0) is 19.4. The Hall–Kier alpha value is -3.15. The quantitative estimate of drug-likeness (QED) is 0.817. The molecule has 3 amide bonds. The normalized spacial score (nSPS) is 13.6. The number of nitrogens with one attached hydrogen (secondary N) is 2. The molecule has 1 fully saturated rings. The molecule has 1 heterocycles. The van der Waals surface area contributed by atoms with E-state index in [1.807, 2.05) is 32.0 Å². The molecular weight excluding hydrogens is 342 g/mol. The van der Waals surface area contributed by atoms with Gasteiger partial charge in [0, 0.05) is 30.0 Å². The Kier molecular flexibility index (Phi) is 5.54. The number of carbonyl (C=O) groups excluding carboxylic acids is 3. The standard InChI is InChI=1S/C21H23N3O3/c1-3-15-7-10-16(11-8-15)22-20(26)21(27)23-17-9-6-14(2)18(13-17)24-12-4-5-19(24)25/h6-11,13H,3-5,12H2,1-2H3,(H,22,26)(H,23,27). The van der Waals surface area contributed by atoms with Crippen molar-refractivity contribution in [3.8, 4) is 0 Å². The largest absolute Gasteiger partial charge is 0.318 e. The van der Waals surface area contributed by atoms with Crippen LogP contribution in [0.5, 0.6) is 0 Å². The lowest BCUT2D eigenvalue weighted by molar-refractivity contribution is -0.132. The van der Waals surface area contributed by atoms with Crippen molar-refractivity contribution in [3.63, 3.8) is 0 Å². The van der Waals surface area contributed by atoms with Gasteiger partial charge in [-0.05, 0) is 55.2 Å². The van der Waals surface area contributed by atoms with Crippen molar-refractivity contribution in [2.24, 2.45) is 0 Å². The highest BCUT2D eigenvalue weighted by molar-refractivity contribution is 6.43. The maximum Gasteiger partial charge on any atom is 0.314 e. The molecule has 0 radical (unpaired) electrons. The smallest absolute Gasteiger partial charge is 0.314 e. The summed E-state index contributed by atoms with van der Waals surface area (Å²) in [6.45, 7) is 4.64. The van der Waals surface area contributed by atoms with Crippen LogP contribution in [0, 0.1) is 6.92 Å². The first kappa shape index (κ1) is 18.6. The third-order valence-electron chi connectivity index (χ3n) is 4.66. The molecule has 0 atom stereocenters. The zero-order valence-corrected chi connectivity index (χ0v) is 15.5. The Labute approximate surface area is 158 Å². The molecule has 1 aliphatic rings. The number of hydrogen-bond acceptors (Lipinski definition) is 3. The second-order valence-electron chi connectivity index (χ2n) is 6.61. The number of hydrogen-bond donors (Lipinski definition) is 2. The van der Waals surface area contributed by atoms with Crippen LogP contribution in [-0.4, -0.2) is 24.3 Å². The molecule has 0 aliphatic carbocycles. The summed E-state index contributed by atoms with van der Waals surface area (Å²) in [5.74, 6) is -1.41. The van der Waals surface area contributed by atoms with E-state index in [0.717, 1.165) is 29.7 Å². The number of nitrogens with zero attached hydrogens (tertiary/aromatic N) is 1. The fourth-order valence-corrected chi connectivity index (χ4v) is 3.08. The van der Waals surface area contributed by atoms with E-state index < -0.39 is 11.8 Å². The van der Waals surface area contributed by atoms with Crippen molar-refractivity contribution in [2.45, 2.75) is 33.1 Å². The van der Waals surface area contributed by atoms with Crippen molar-refractivity contribution >= 4 is 34.8 Å². The maximum absolute atomic E-state index is 12.2. The van der Waals surface area contributed by atoms with E-state index in [-0.39, 0.29) is 5.91 Å².